The van der Waals surface area contributed by atoms with E-state index in [0.717, 1.165) is 0 Å². The second-order valence-corrected chi connectivity index (χ2v) is 4.27. The molecule has 0 amide bonds. The van der Waals surface area contributed by atoms with Crippen LogP contribution in [0.5, 0.6) is 0 Å². The molecule has 1 atom stereocenters. The van der Waals surface area contributed by atoms with Crippen LogP contribution in [0.4, 0.5) is 0 Å². The summed E-state index contributed by atoms with van der Waals surface area (Å²) in [6.45, 7) is 5.12. The van der Waals surface area contributed by atoms with Crippen molar-refractivity contribution in [2.75, 3.05) is 0 Å². The molecular weight excluding hydrogens is 184 g/mol. The molecule has 0 saturated heterocycles. The molecule has 4 nitrogen and oxygen atoms in total. The van der Waals surface area contributed by atoms with E-state index in [2.05, 4.69) is 0 Å². The lowest BCUT2D eigenvalue weighted by Gasteiger charge is -2.27. The van der Waals surface area contributed by atoms with Crippen LogP contribution in [0.2, 0.25) is 0 Å². The van der Waals surface area contributed by atoms with Gasteiger partial charge in [0.2, 0.25) is 0 Å². The fourth-order valence-electron chi connectivity index (χ4n) is 1.71. The van der Waals surface area contributed by atoms with Crippen LogP contribution in [-0.4, -0.2) is 27.6 Å². The van der Waals surface area contributed by atoms with E-state index in [9.17, 15) is 14.7 Å². The molecule has 0 aliphatic rings. The average molecular weight is 202 g/mol. The molecule has 2 N–H and O–H groups in total. The molecule has 0 aromatic carbocycles. The van der Waals surface area contributed by atoms with Crippen molar-refractivity contribution < 1.29 is 19.8 Å². The summed E-state index contributed by atoms with van der Waals surface area (Å²) in [5, 5.41) is 18.5. The molecule has 82 valence electrons. The summed E-state index contributed by atoms with van der Waals surface area (Å²) in [6.07, 6.45) is -0.124. The van der Waals surface area contributed by atoms with Gasteiger partial charge in [-0.1, -0.05) is 13.8 Å². The summed E-state index contributed by atoms with van der Waals surface area (Å²) in [5.74, 6) is -1.09. The van der Waals surface area contributed by atoms with Gasteiger partial charge in [-0.3, -0.25) is 9.59 Å². The maximum absolute atomic E-state index is 10.9. The largest absolute Gasteiger partial charge is 0.481 e. The average Bonchev–Trinajstić information content (AvgIpc) is 1.76. The Hall–Kier alpha value is -0.900. The van der Waals surface area contributed by atoms with Crippen LogP contribution < -0.4 is 0 Å². The van der Waals surface area contributed by atoms with Crippen LogP contribution in [0, 0.1) is 5.92 Å². The molecular formula is C10H18O4. The Kier molecular flexibility index (Phi) is 4.77. The van der Waals surface area contributed by atoms with Crippen LogP contribution in [0.1, 0.15) is 40.0 Å². The summed E-state index contributed by atoms with van der Waals surface area (Å²) in [7, 11) is 0. The van der Waals surface area contributed by atoms with E-state index in [1.54, 1.807) is 0 Å². The number of ketones is 1. The van der Waals surface area contributed by atoms with Gasteiger partial charge in [-0.25, -0.2) is 0 Å². The zero-order chi connectivity index (χ0) is 11.4. The highest BCUT2D eigenvalue weighted by molar-refractivity contribution is 5.78. The quantitative estimate of drug-likeness (QED) is 0.679. The van der Waals surface area contributed by atoms with Gasteiger partial charge in [0.25, 0.3) is 0 Å². The summed E-state index contributed by atoms with van der Waals surface area (Å²) in [6, 6.07) is 0. The van der Waals surface area contributed by atoms with Crippen LogP contribution in [0.15, 0.2) is 0 Å². The Balaban J connectivity index is 4.48. The molecule has 0 aliphatic carbocycles. The van der Waals surface area contributed by atoms with E-state index in [4.69, 9.17) is 5.11 Å². The normalized spacial score (nSPS) is 15.2. The number of carbonyl (C=O) groups excluding carboxylic acids is 1. The Bertz CT molecular complexity index is 204. The zero-order valence-corrected chi connectivity index (χ0v) is 8.91. The Morgan fingerprint density at radius 2 is 1.79 bits per heavy atom. The van der Waals surface area contributed by atoms with E-state index in [1.165, 1.54) is 6.92 Å². The predicted octanol–water partition coefficient (Wildman–Crippen LogP) is 1.22. The molecule has 0 rings (SSSR count). The molecule has 0 saturated carbocycles. The predicted molar refractivity (Wildman–Crippen MR) is 52.0 cm³/mol. The van der Waals surface area contributed by atoms with Crippen molar-refractivity contribution in [3.63, 3.8) is 0 Å². The molecule has 14 heavy (non-hydrogen) atoms. The molecule has 1 unspecified atom stereocenters. The van der Waals surface area contributed by atoms with Crippen molar-refractivity contribution in [3.05, 3.63) is 0 Å². The number of carboxylic acid groups (broad SMARTS) is 1. The van der Waals surface area contributed by atoms with Gasteiger partial charge in [-0.05, 0) is 19.3 Å². The van der Waals surface area contributed by atoms with Crippen LogP contribution in [0.25, 0.3) is 0 Å². The van der Waals surface area contributed by atoms with Gasteiger partial charge >= 0.3 is 5.97 Å². The lowest BCUT2D eigenvalue weighted by atomic mass is 9.85. The van der Waals surface area contributed by atoms with Crippen molar-refractivity contribution in [2.45, 2.75) is 45.6 Å². The minimum absolute atomic E-state index is 0.0858. The minimum Gasteiger partial charge on any atom is -0.481 e. The fraction of sp³-hybridized carbons (Fsp3) is 0.800. The number of hydrogen-bond acceptors (Lipinski definition) is 3. The van der Waals surface area contributed by atoms with Crippen LogP contribution in [0.3, 0.4) is 0 Å². The van der Waals surface area contributed by atoms with Crippen LogP contribution in [-0.2, 0) is 9.59 Å². The lowest BCUT2D eigenvalue weighted by Crippen LogP contribution is -2.35. The standard InChI is InChI=1S/C10H18O4/c1-7(2)4-10(14,5-8(3)11)6-9(12)13/h7,14H,4-6H2,1-3H3,(H,12,13). The third-order valence-corrected chi connectivity index (χ3v) is 1.85. The first-order valence-electron chi connectivity index (χ1n) is 4.69. The van der Waals surface area contributed by atoms with Crippen molar-refractivity contribution >= 4 is 11.8 Å². The summed E-state index contributed by atoms with van der Waals surface area (Å²) >= 11 is 0. The first-order chi connectivity index (χ1) is 6.25. The van der Waals surface area contributed by atoms with Gasteiger partial charge in [0.15, 0.2) is 0 Å². The van der Waals surface area contributed by atoms with Crippen molar-refractivity contribution in [1.29, 1.82) is 0 Å². The second-order valence-electron chi connectivity index (χ2n) is 4.27. The number of carbonyl (C=O) groups is 2. The van der Waals surface area contributed by atoms with Gasteiger partial charge < -0.3 is 10.2 Å². The summed E-state index contributed by atoms with van der Waals surface area (Å²) in [4.78, 5) is 21.4. The Morgan fingerprint density at radius 1 is 1.29 bits per heavy atom. The molecule has 0 aromatic heterocycles. The second kappa shape index (κ2) is 5.10. The third-order valence-electron chi connectivity index (χ3n) is 1.85. The van der Waals surface area contributed by atoms with Gasteiger partial charge in [0.05, 0.1) is 12.0 Å². The zero-order valence-electron chi connectivity index (χ0n) is 8.91. The Labute approximate surface area is 83.9 Å². The summed E-state index contributed by atoms with van der Waals surface area (Å²) < 4.78 is 0. The minimum atomic E-state index is -1.38. The maximum Gasteiger partial charge on any atom is 0.306 e. The number of aliphatic carboxylic acids is 1. The van der Waals surface area contributed by atoms with E-state index in [-0.39, 0.29) is 24.5 Å². The molecule has 0 radical (unpaired) electrons. The maximum atomic E-state index is 10.9. The number of hydrogen-bond donors (Lipinski definition) is 2. The highest BCUT2D eigenvalue weighted by atomic mass is 16.4. The van der Waals surface area contributed by atoms with E-state index < -0.39 is 11.6 Å². The topological polar surface area (TPSA) is 74.6 Å². The molecule has 0 fully saturated rings. The monoisotopic (exact) mass is 202 g/mol. The fourth-order valence-corrected chi connectivity index (χ4v) is 1.71. The number of rotatable bonds is 6. The number of Topliss-reactive ketones (excluding diaryl/α,β-unsaturated/α-hetero) is 1. The van der Waals surface area contributed by atoms with Gasteiger partial charge in [0.1, 0.15) is 5.78 Å². The van der Waals surface area contributed by atoms with Crippen LogP contribution >= 0.6 is 0 Å². The third kappa shape index (κ3) is 5.70. The number of aliphatic hydroxyl groups is 1. The van der Waals surface area contributed by atoms with Gasteiger partial charge in [-0.15, -0.1) is 0 Å². The van der Waals surface area contributed by atoms with Crippen molar-refractivity contribution in [3.8, 4) is 0 Å². The van der Waals surface area contributed by atoms with E-state index >= 15 is 0 Å². The highest BCUT2D eigenvalue weighted by Crippen LogP contribution is 2.24. The van der Waals surface area contributed by atoms with Crippen molar-refractivity contribution in [2.24, 2.45) is 5.92 Å². The first-order valence-corrected chi connectivity index (χ1v) is 4.69. The summed E-state index contributed by atoms with van der Waals surface area (Å²) in [5.41, 5.74) is -1.38. The SMILES string of the molecule is CC(=O)CC(O)(CC(=O)O)CC(C)C. The van der Waals surface area contributed by atoms with Gasteiger partial charge in [0, 0.05) is 6.42 Å². The number of carboxylic acids is 1. The molecule has 0 spiro atoms. The smallest absolute Gasteiger partial charge is 0.306 e. The van der Waals surface area contributed by atoms with Crippen molar-refractivity contribution in [1.82, 2.24) is 0 Å². The van der Waals surface area contributed by atoms with E-state index in [0.29, 0.717) is 6.42 Å². The molecule has 4 heteroatoms. The first kappa shape index (κ1) is 13.1. The molecule has 0 aromatic rings. The lowest BCUT2D eigenvalue weighted by molar-refractivity contribution is -0.144. The molecule has 0 bridgehead atoms. The van der Waals surface area contributed by atoms with Gasteiger partial charge in [-0.2, -0.15) is 0 Å². The Morgan fingerprint density at radius 3 is 2.07 bits per heavy atom. The van der Waals surface area contributed by atoms with E-state index in [1.807, 2.05) is 13.8 Å². The molecule has 0 heterocycles. The highest BCUT2D eigenvalue weighted by Gasteiger charge is 2.32. The molecule has 0 aliphatic heterocycles.